The molecule has 0 fully saturated rings. The average molecular weight is 335 g/mol. The smallest absolute Gasteiger partial charge is 0.427 e. The minimum absolute atomic E-state index is 0.316. The van der Waals surface area contributed by atoms with Crippen molar-refractivity contribution in [3.05, 3.63) is 71.4 Å². The van der Waals surface area contributed by atoms with E-state index in [0.29, 0.717) is 6.61 Å². The number of hydrogen-bond donors (Lipinski definition) is 1. The molecule has 5 heteroatoms. The van der Waals surface area contributed by atoms with Crippen LogP contribution in [0.4, 0.5) is 4.79 Å². The van der Waals surface area contributed by atoms with Crippen molar-refractivity contribution in [1.29, 1.82) is 0 Å². The maximum absolute atomic E-state index is 11.4. The normalized spacial score (nSPS) is 11.1. The molecule has 1 heterocycles. The van der Waals surface area contributed by atoms with Crippen molar-refractivity contribution in [2.45, 2.75) is 20.4 Å². The van der Waals surface area contributed by atoms with Crippen molar-refractivity contribution in [1.82, 2.24) is 9.99 Å². The molecule has 1 aromatic heterocycles. The summed E-state index contributed by atoms with van der Waals surface area (Å²) in [5, 5.41) is 5.13. The summed E-state index contributed by atoms with van der Waals surface area (Å²) in [6, 6.07) is 18.5. The van der Waals surface area contributed by atoms with E-state index in [1.807, 2.05) is 30.3 Å². The van der Waals surface area contributed by atoms with Gasteiger partial charge in [0.05, 0.1) is 12.8 Å². The molecule has 2 aromatic carbocycles. The second kappa shape index (κ2) is 7.66. The number of para-hydroxylation sites is 1. The second-order valence-electron chi connectivity index (χ2n) is 5.68. The molecule has 0 aliphatic carbocycles. The summed E-state index contributed by atoms with van der Waals surface area (Å²) in [6.07, 6.45) is 1.13. The van der Waals surface area contributed by atoms with Crippen molar-refractivity contribution in [2.24, 2.45) is 5.10 Å². The van der Waals surface area contributed by atoms with Crippen molar-refractivity contribution >= 4 is 23.2 Å². The molecule has 0 aliphatic heterocycles. The summed E-state index contributed by atoms with van der Waals surface area (Å²) >= 11 is 0. The zero-order chi connectivity index (χ0) is 17.6. The predicted octanol–water partition coefficient (Wildman–Crippen LogP) is 4.08. The van der Waals surface area contributed by atoms with Gasteiger partial charge in [-0.1, -0.05) is 48.5 Å². The Labute approximate surface area is 146 Å². The summed E-state index contributed by atoms with van der Waals surface area (Å²) in [5.41, 5.74) is 6.84. The lowest BCUT2D eigenvalue weighted by Gasteiger charge is -2.08. The third kappa shape index (κ3) is 3.71. The van der Waals surface area contributed by atoms with Crippen molar-refractivity contribution < 1.29 is 9.53 Å². The van der Waals surface area contributed by atoms with Crippen LogP contribution in [0.2, 0.25) is 0 Å². The van der Waals surface area contributed by atoms with Crippen molar-refractivity contribution in [2.75, 3.05) is 6.61 Å². The number of hydrogen-bond acceptors (Lipinski definition) is 3. The van der Waals surface area contributed by atoms with E-state index in [9.17, 15) is 4.79 Å². The van der Waals surface area contributed by atoms with Gasteiger partial charge < -0.3 is 9.30 Å². The van der Waals surface area contributed by atoms with Gasteiger partial charge in [-0.15, -0.1) is 0 Å². The Morgan fingerprint density at radius 1 is 1.16 bits per heavy atom. The maximum Gasteiger partial charge on any atom is 0.427 e. The summed E-state index contributed by atoms with van der Waals surface area (Å²) in [4.78, 5) is 11.4. The Bertz CT molecular complexity index is 898. The van der Waals surface area contributed by atoms with Crippen LogP contribution in [0.5, 0.6) is 0 Å². The molecule has 5 nitrogen and oxygen atoms in total. The van der Waals surface area contributed by atoms with Gasteiger partial charge in [0.2, 0.25) is 0 Å². The Balaban J connectivity index is 1.95. The van der Waals surface area contributed by atoms with Crippen LogP contribution in [0.1, 0.15) is 23.7 Å². The molecule has 0 unspecified atom stereocenters. The first-order valence-corrected chi connectivity index (χ1v) is 8.28. The van der Waals surface area contributed by atoms with Crippen molar-refractivity contribution in [3.63, 3.8) is 0 Å². The van der Waals surface area contributed by atoms with Gasteiger partial charge in [0.25, 0.3) is 0 Å². The third-order valence-corrected chi connectivity index (χ3v) is 4.09. The number of nitrogens with zero attached hydrogens (tertiary/aromatic N) is 2. The number of fused-ring (bicyclic) bond motifs is 1. The van der Waals surface area contributed by atoms with E-state index in [1.165, 1.54) is 5.56 Å². The number of aromatic nitrogens is 1. The summed E-state index contributed by atoms with van der Waals surface area (Å²) in [7, 11) is 0. The number of carbonyl (C=O) groups is 1. The number of amides is 1. The van der Waals surface area contributed by atoms with E-state index in [1.54, 1.807) is 13.1 Å². The van der Waals surface area contributed by atoms with Gasteiger partial charge in [-0.3, -0.25) is 0 Å². The minimum atomic E-state index is -0.551. The van der Waals surface area contributed by atoms with Crippen LogP contribution < -0.4 is 5.43 Å². The first kappa shape index (κ1) is 16.8. The number of carbonyl (C=O) groups excluding carboxylic acids is 1. The summed E-state index contributed by atoms with van der Waals surface area (Å²) < 4.78 is 7.07. The quantitative estimate of drug-likeness (QED) is 0.564. The summed E-state index contributed by atoms with van der Waals surface area (Å²) in [6.45, 7) is 4.92. The number of benzene rings is 2. The fraction of sp³-hybridized carbons (Fsp3) is 0.200. The maximum atomic E-state index is 11.4. The Morgan fingerprint density at radius 2 is 1.88 bits per heavy atom. The lowest BCUT2D eigenvalue weighted by molar-refractivity contribution is 0.152. The van der Waals surface area contributed by atoms with Crippen molar-refractivity contribution in [3.8, 4) is 0 Å². The molecule has 0 radical (unpaired) electrons. The molecular weight excluding hydrogens is 314 g/mol. The molecule has 1 N–H and O–H groups in total. The van der Waals surface area contributed by atoms with E-state index in [4.69, 9.17) is 4.74 Å². The van der Waals surface area contributed by atoms with Crippen LogP contribution in [0, 0.1) is 6.92 Å². The zero-order valence-corrected chi connectivity index (χ0v) is 14.4. The Kier molecular flexibility index (Phi) is 5.14. The molecule has 3 rings (SSSR count). The second-order valence-corrected chi connectivity index (χ2v) is 5.68. The highest BCUT2D eigenvalue weighted by Gasteiger charge is 2.12. The van der Waals surface area contributed by atoms with Gasteiger partial charge >= 0.3 is 6.09 Å². The average Bonchev–Trinajstić information content (AvgIpc) is 2.89. The zero-order valence-electron chi connectivity index (χ0n) is 14.4. The Hall–Kier alpha value is -3.08. The highest BCUT2D eigenvalue weighted by atomic mass is 16.5. The monoisotopic (exact) mass is 335 g/mol. The largest absolute Gasteiger partial charge is 0.449 e. The van der Waals surface area contributed by atoms with E-state index in [0.717, 1.165) is 28.7 Å². The molecule has 0 spiro atoms. The molecule has 0 bridgehead atoms. The molecule has 3 aromatic rings. The molecule has 0 atom stereocenters. The highest BCUT2D eigenvalue weighted by molar-refractivity contribution is 6.01. The standard InChI is InChI=1S/C20H21N3O2/c1-3-25-20(24)22-21-13-18-15(2)23(14-16-9-5-4-6-10-16)19-12-8-7-11-17(18)19/h4-13H,3,14H2,1-2H3,(H,22,24)/b21-13-. The fourth-order valence-electron chi connectivity index (χ4n) is 2.90. The number of rotatable bonds is 5. The van der Waals surface area contributed by atoms with Crippen LogP contribution in [-0.2, 0) is 11.3 Å². The topological polar surface area (TPSA) is 55.6 Å². The van der Waals surface area contributed by atoms with Gasteiger partial charge in [0.15, 0.2) is 0 Å². The SMILES string of the molecule is CCOC(=O)N/N=C\c1c(C)n(Cc2ccccc2)c2ccccc12. The molecule has 0 saturated heterocycles. The van der Waals surface area contributed by atoms with Gasteiger partial charge in [0.1, 0.15) is 0 Å². The van der Waals surface area contributed by atoms with Crippen LogP contribution in [-0.4, -0.2) is 23.5 Å². The lowest BCUT2D eigenvalue weighted by Crippen LogP contribution is -2.18. The first-order valence-electron chi connectivity index (χ1n) is 8.28. The highest BCUT2D eigenvalue weighted by Crippen LogP contribution is 2.25. The summed E-state index contributed by atoms with van der Waals surface area (Å²) in [5.74, 6) is 0. The van der Waals surface area contributed by atoms with E-state index >= 15 is 0 Å². The molecular formula is C20H21N3O2. The first-order chi connectivity index (χ1) is 12.2. The van der Waals surface area contributed by atoms with E-state index in [2.05, 4.69) is 46.3 Å². The van der Waals surface area contributed by atoms with Crippen LogP contribution >= 0.6 is 0 Å². The lowest BCUT2D eigenvalue weighted by atomic mass is 10.1. The number of hydrazone groups is 1. The third-order valence-electron chi connectivity index (χ3n) is 4.09. The van der Waals surface area contributed by atoms with Crippen LogP contribution in [0.25, 0.3) is 10.9 Å². The van der Waals surface area contributed by atoms with E-state index in [-0.39, 0.29) is 0 Å². The van der Waals surface area contributed by atoms with Gasteiger partial charge in [-0.05, 0) is 25.5 Å². The van der Waals surface area contributed by atoms with E-state index < -0.39 is 6.09 Å². The molecule has 128 valence electrons. The fourth-order valence-corrected chi connectivity index (χ4v) is 2.90. The molecule has 0 saturated carbocycles. The molecule has 0 aliphatic rings. The van der Waals surface area contributed by atoms with Crippen LogP contribution in [0.3, 0.4) is 0 Å². The van der Waals surface area contributed by atoms with Crippen LogP contribution in [0.15, 0.2) is 59.7 Å². The van der Waals surface area contributed by atoms with Gasteiger partial charge in [-0.2, -0.15) is 5.10 Å². The number of ether oxygens (including phenoxy) is 1. The molecule has 25 heavy (non-hydrogen) atoms. The minimum Gasteiger partial charge on any atom is -0.449 e. The number of nitrogens with one attached hydrogen (secondary N) is 1. The molecule has 1 amide bonds. The predicted molar refractivity (Wildman–Crippen MR) is 100.0 cm³/mol. The van der Waals surface area contributed by atoms with Gasteiger partial charge in [-0.25, -0.2) is 10.2 Å². The Morgan fingerprint density at radius 3 is 2.64 bits per heavy atom. The van der Waals surface area contributed by atoms with Gasteiger partial charge in [0, 0.05) is 28.7 Å².